The molecule has 0 aliphatic carbocycles. The first-order chi connectivity index (χ1) is 8.79. The zero-order valence-corrected chi connectivity index (χ0v) is 13.1. The van der Waals surface area contributed by atoms with Gasteiger partial charge in [-0.1, -0.05) is 11.6 Å². The minimum absolute atomic E-state index is 0.0634. The summed E-state index contributed by atoms with van der Waals surface area (Å²) in [7, 11) is 1.55. The molecule has 0 N–H and O–H groups in total. The number of hydrogen-bond donors (Lipinski definition) is 0. The summed E-state index contributed by atoms with van der Waals surface area (Å²) in [4.78, 5) is 0. The largest absolute Gasteiger partial charge is 0.491 e. The molecule has 0 unspecified atom stereocenters. The van der Waals surface area contributed by atoms with Gasteiger partial charge >= 0.3 is 0 Å². The van der Waals surface area contributed by atoms with Crippen molar-refractivity contribution in [2.24, 2.45) is 0 Å². The highest BCUT2D eigenvalue weighted by atomic mass is 35.7. The van der Waals surface area contributed by atoms with Gasteiger partial charge in [0.2, 0.25) is 9.05 Å². The third-order valence-corrected chi connectivity index (χ3v) is 4.09. The second-order valence-electron chi connectivity index (χ2n) is 4.07. The molecule has 1 aromatic carbocycles. The SMILES string of the molecule is Cc1cc(OCCOCCS(=O)(=O)Cl)cc(C)c1Cl. The second-order valence-corrected chi connectivity index (χ2v) is 7.35. The Morgan fingerprint density at radius 2 is 1.68 bits per heavy atom. The maximum atomic E-state index is 10.6. The molecule has 0 aliphatic rings. The molecular formula is C12H16Cl2O4S. The monoisotopic (exact) mass is 326 g/mol. The maximum absolute atomic E-state index is 10.6. The summed E-state index contributed by atoms with van der Waals surface area (Å²) in [5.74, 6) is 0.515. The topological polar surface area (TPSA) is 52.6 Å². The summed E-state index contributed by atoms with van der Waals surface area (Å²) >= 11 is 6.05. The van der Waals surface area contributed by atoms with E-state index in [9.17, 15) is 8.42 Å². The fourth-order valence-electron chi connectivity index (χ4n) is 1.47. The lowest BCUT2D eigenvalue weighted by Crippen LogP contribution is -2.12. The average Bonchev–Trinajstić information content (AvgIpc) is 2.29. The van der Waals surface area contributed by atoms with Crippen molar-refractivity contribution in [1.29, 1.82) is 0 Å². The van der Waals surface area contributed by atoms with Crippen molar-refractivity contribution in [1.82, 2.24) is 0 Å². The van der Waals surface area contributed by atoms with Crippen molar-refractivity contribution in [3.63, 3.8) is 0 Å². The first kappa shape index (κ1) is 16.6. The number of aryl methyl sites for hydroxylation is 2. The van der Waals surface area contributed by atoms with Crippen LogP contribution in [0.5, 0.6) is 5.75 Å². The minimum atomic E-state index is -3.49. The Hall–Kier alpha value is -0.490. The summed E-state index contributed by atoms with van der Waals surface area (Å²) < 4.78 is 31.9. The third kappa shape index (κ3) is 6.47. The van der Waals surface area contributed by atoms with E-state index in [1.165, 1.54) is 0 Å². The molecule has 0 saturated carbocycles. The molecule has 0 atom stereocenters. The predicted molar refractivity (Wildman–Crippen MR) is 76.9 cm³/mol. The van der Waals surface area contributed by atoms with Gasteiger partial charge in [0.15, 0.2) is 0 Å². The van der Waals surface area contributed by atoms with Crippen molar-refractivity contribution in [3.05, 3.63) is 28.3 Å². The van der Waals surface area contributed by atoms with E-state index >= 15 is 0 Å². The predicted octanol–water partition coefficient (Wildman–Crippen LogP) is 2.92. The lowest BCUT2D eigenvalue weighted by molar-refractivity contribution is 0.111. The molecule has 108 valence electrons. The van der Waals surface area contributed by atoms with Crippen LogP contribution in [0.4, 0.5) is 0 Å². The molecule has 0 bridgehead atoms. The van der Waals surface area contributed by atoms with Crippen LogP contribution in [-0.2, 0) is 13.8 Å². The van der Waals surface area contributed by atoms with Crippen LogP contribution in [0, 0.1) is 13.8 Å². The normalized spacial score (nSPS) is 11.6. The molecule has 7 heteroatoms. The van der Waals surface area contributed by atoms with Gasteiger partial charge in [0.05, 0.1) is 19.0 Å². The molecule has 0 amide bonds. The quantitative estimate of drug-likeness (QED) is 0.571. The van der Waals surface area contributed by atoms with Crippen molar-refractivity contribution in [3.8, 4) is 5.75 Å². The van der Waals surface area contributed by atoms with E-state index in [0.29, 0.717) is 19.0 Å². The van der Waals surface area contributed by atoms with Gasteiger partial charge in [-0.25, -0.2) is 8.42 Å². The fraction of sp³-hybridized carbons (Fsp3) is 0.500. The number of ether oxygens (including phenoxy) is 2. The highest BCUT2D eigenvalue weighted by Gasteiger charge is 2.05. The highest BCUT2D eigenvalue weighted by molar-refractivity contribution is 8.13. The van der Waals surface area contributed by atoms with Crippen LogP contribution in [0.1, 0.15) is 11.1 Å². The Kier molecular flexibility index (Phi) is 6.39. The Morgan fingerprint density at radius 1 is 1.11 bits per heavy atom. The van der Waals surface area contributed by atoms with E-state index in [-0.39, 0.29) is 12.4 Å². The number of benzene rings is 1. The lowest BCUT2D eigenvalue weighted by Gasteiger charge is -2.10. The average molecular weight is 327 g/mol. The number of hydrogen-bond acceptors (Lipinski definition) is 4. The van der Waals surface area contributed by atoms with Crippen molar-refractivity contribution in [2.45, 2.75) is 13.8 Å². The Balaban J connectivity index is 2.30. The van der Waals surface area contributed by atoms with Crippen molar-refractivity contribution in [2.75, 3.05) is 25.6 Å². The molecule has 0 fully saturated rings. The van der Waals surface area contributed by atoms with Gasteiger partial charge in [-0.3, -0.25) is 0 Å². The van der Waals surface area contributed by atoms with Crippen molar-refractivity contribution >= 4 is 31.3 Å². The van der Waals surface area contributed by atoms with Gasteiger partial charge < -0.3 is 9.47 Å². The van der Waals surface area contributed by atoms with E-state index in [1.54, 1.807) is 0 Å². The maximum Gasteiger partial charge on any atom is 0.234 e. The Labute approximate surface area is 123 Å². The van der Waals surface area contributed by atoms with Crippen LogP contribution in [0.25, 0.3) is 0 Å². The standard InChI is InChI=1S/C12H16Cl2O4S/c1-9-7-11(8-10(2)12(9)13)18-4-3-17-5-6-19(14,15)16/h7-8H,3-6H2,1-2H3. The molecule has 0 spiro atoms. The number of halogens is 2. The molecule has 4 nitrogen and oxygen atoms in total. The molecule has 0 saturated heterocycles. The third-order valence-electron chi connectivity index (χ3n) is 2.38. The van der Waals surface area contributed by atoms with Crippen LogP contribution in [0.2, 0.25) is 5.02 Å². The molecule has 0 heterocycles. The van der Waals surface area contributed by atoms with Crippen LogP contribution in [0.15, 0.2) is 12.1 Å². The number of rotatable bonds is 7. The Morgan fingerprint density at radius 3 is 2.21 bits per heavy atom. The van der Waals surface area contributed by atoms with E-state index in [1.807, 2.05) is 26.0 Å². The molecule has 0 aromatic heterocycles. The van der Waals surface area contributed by atoms with Gasteiger partial charge in [-0.2, -0.15) is 0 Å². The first-order valence-corrected chi connectivity index (χ1v) is 8.55. The fourth-order valence-corrected chi connectivity index (χ4v) is 2.08. The minimum Gasteiger partial charge on any atom is -0.491 e. The van der Waals surface area contributed by atoms with Crippen LogP contribution >= 0.6 is 22.3 Å². The van der Waals surface area contributed by atoms with Gasteiger partial charge in [0, 0.05) is 15.7 Å². The Bertz CT molecular complexity index is 506. The lowest BCUT2D eigenvalue weighted by atomic mass is 10.1. The summed E-state index contributed by atoms with van der Waals surface area (Å²) in [5.41, 5.74) is 1.90. The zero-order valence-electron chi connectivity index (χ0n) is 10.8. The second kappa shape index (κ2) is 7.33. The van der Waals surface area contributed by atoms with E-state index in [0.717, 1.165) is 16.1 Å². The summed E-state index contributed by atoms with van der Waals surface area (Å²) in [6.07, 6.45) is 0. The molecule has 0 aliphatic heterocycles. The zero-order chi connectivity index (χ0) is 14.5. The van der Waals surface area contributed by atoms with Crippen LogP contribution in [0.3, 0.4) is 0 Å². The molecule has 19 heavy (non-hydrogen) atoms. The molecular weight excluding hydrogens is 311 g/mol. The molecule has 1 rings (SSSR count). The van der Waals surface area contributed by atoms with Gasteiger partial charge in [0.25, 0.3) is 0 Å². The highest BCUT2D eigenvalue weighted by Crippen LogP contribution is 2.25. The summed E-state index contributed by atoms with van der Waals surface area (Å²) in [6, 6.07) is 3.69. The van der Waals surface area contributed by atoms with Gasteiger partial charge in [0.1, 0.15) is 12.4 Å². The summed E-state index contributed by atoms with van der Waals surface area (Å²) in [6.45, 7) is 4.51. The van der Waals surface area contributed by atoms with Gasteiger partial charge in [-0.05, 0) is 37.1 Å². The van der Waals surface area contributed by atoms with E-state index in [2.05, 4.69) is 0 Å². The molecule has 1 aromatic rings. The molecule has 0 radical (unpaired) electrons. The van der Waals surface area contributed by atoms with E-state index in [4.69, 9.17) is 31.8 Å². The summed E-state index contributed by atoms with van der Waals surface area (Å²) in [5, 5.41) is 0.732. The first-order valence-electron chi connectivity index (χ1n) is 5.69. The van der Waals surface area contributed by atoms with E-state index < -0.39 is 9.05 Å². The smallest absolute Gasteiger partial charge is 0.234 e. The van der Waals surface area contributed by atoms with Crippen LogP contribution < -0.4 is 4.74 Å². The van der Waals surface area contributed by atoms with Crippen molar-refractivity contribution < 1.29 is 17.9 Å². The van der Waals surface area contributed by atoms with Crippen LogP contribution in [-0.4, -0.2) is 34.0 Å². The van der Waals surface area contributed by atoms with Gasteiger partial charge in [-0.15, -0.1) is 0 Å².